The third-order valence-electron chi connectivity index (χ3n) is 4.66. The Hall–Kier alpha value is -3.07. The normalized spacial score (nSPS) is 14.9. The molecule has 1 aliphatic heterocycles. The Morgan fingerprint density at radius 2 is 1.52 bits per heavy atom. The van der Waals surface area contributed by atoms with Crippen LogP contribution >= 0.6 is 0 Å². The van der Waals surface area contributed by atoms with Crippen molar-refractivity contribution in [1.29, 1.82) is 0 Å². The monoisotopic (exact) mass is 329 g/mol. The van der Waals surface area contributed by atoms with E-state index in [4.69, 9.17) is 4.74 Å². The molecule has 0 aromatic heterocycles. The van der Waals surface area contributed by atoms with Crippen molar-refractivity contribution in [3.05, 3.63) is 94.5 Å². The van der Waals surface area contributed by atoms with Gasteiger partial charge in [0.1, 0.15) is 11.5 Å². The third-order valence-corrected chi connectivity index (χ3v) is 4.66. The molecule has 0 fully saturated rings. The van der Waals surface area contributed by atoms with E-state index in [1.54, 1.807) is 0 Å². The number of carbonyl (C=O) groups is 1. The standard InChI is InChI=1S/C22H19NO2/c1-14-8-3-4-10-16(14)22(24)23-20-17-11-5-6-13-19(17)25-21-15(2)9-7-12-18(20)21/h3-13,20H,1-2H3,(H,23,24)/t20-/m1/s1. The third kappa shape index (κ3) is 2.68. The van der Waals surface area contributed by atoms with Crippen molar-refractivity contribution in [3.8, 4) is 11.5 Å². The van der Waals surface area contributed by atoms with Gasteiger partial charge in [0.05, 0.1) is 6.04 Å². The molecule has 0 unspecified atom stereocenters. The second kappa shape index (κ2) is 6.10. The predicted molar refractivity (Wildman–Crippen MR) is 98.2 cm³/mol. The zero-order valence-corrected chi connectivity index (χ0v) is 14.2. The molecule has 3 heteroatoms. The van der Waals surface area contributed by atoms with E-state index in [0.29, 0.717) is 5.56 Å². The SMILES string of the molecule is Cc1ccccc1C(=O)N[C@@H]1c2ccccc2Oc2c(C)cccc21. The van der Waals surface area contributed by atoms with Crippen LogP contribution in [0.4, 0.5) is 0 Å². The van der Waals surface area contributed by atoms with Crippen LogP contribution < -0.4 is 10.1 Å². The van der Waals surface area contributed by atoms with Crippen molar-refractivity contribution >= 4 is 5.91 Å². The Kier molecular flexibility index (Phi) is 3.77. The van der Waals surface area contributed by atoms with Gasteiger partial charge in [-0.1, -0.05) is 54.6 Å². The summed E-state index contributed by atoms with van der Waals surface area (Å²) in [6, 6.07) is 21.3. The molecule has 0 bridgehead atoms. The Morgan fingerprint density at radius 1 is 0.840 bits per heavy atom. The van der Waals surface area contributed by atoms with E-state index in [9.17, 15) is 4.79 Å². The largest absolute Gasteiger partial charge is 0.456 e. The Morgan fingerprint density at radius 3 is 2.36 bits per heavy atom. The summed E-state index contributed by atoms with van der Waals surface area (Å²) in [6.45, 7) is 3.97. The first kappa shape index (κ1) is 15.5. The molecule has 3 nitrogen and oxygen atoms in total. The number of para-hydroxylation sites is 2. The fourth-order valence-electron chi connectivity index (χ4n) is 3.32. The number of aryl methyl sites for hydroxylation is 2. The van der Waals surface area contributed by atoms with Crippen molar-refractivity contribution in [1.82, 2.24) is 5.32 Å². The van der Waals surface area contributed by atoms with Crippen LogP contribution in [-0.4, -0.2) is 5.91 Å². The lowest BCUT2D eigenvalue weighted by atomic mass is 9.92. The highest BCUT2D eigenvalue weighted by Crippen LogP contribution is 2.44. The summed E-state index contributed by atoms with van der Waals surface area (Å²) in [5, 5.41) is 3.20. The molecule has 1 aliphatic rings. The van der Waals surface area contributed by atoms with E-state index in [2.05, 4.69) is 5.32 Å². The minimum Gasteiger partial charge on any atom is -0.456 e. The lowest BCUT2D eigenvalue weighted by Crippen LogP contribution is -2.31. The first-order chi connectivity index (χ1) is 12.1. The van der Waals surface area contributed by atoms with Crippen LogP contribution in [0.25, 0.3) is 0 Å². The summed E-state index contributed by atoms with van der Waals surface area (Å²) >= 11 is 0. The van der Waals surface area contributed by atoms with Crippen LogP contribution in [0.3, 0.4) is 0 Å². The number of ether oxygens (including phenoxy) is 1. The van der Waals surface area contributed by atoms with Crippen LogP contribution in [0.1, 0.15) is 38.7 Å². The molecule has 0 saturated heterocycles. The zero-order valence-electron chi connectivity index (χ0n) is 14.2. The molecule has 1 N–H and O–H groups in total. The average molecular weight is 329 g/mol. The number of rotatable bonds is 2. The Labute approximate surface area is 147 Å². The molecule has 0 saturated carbocycles. The Bertz CT molecular complexity index is 962. The molecule has 0 aliphatic carbocycles. The van der Waals surface area contributed by atoms with E-state index in [-0.39, 0.29) is 11.9 Å². The fourth-order valence-corrected chi connectivity index (χ4v) is 3.32. The average Bonchev–Trinajstić information content (AvgIpc) is 2.62. The first-order valence-electron chi connectivity index (χ1n) is 8.38. The van der Waals surface area contributed by atoms with Gasteiger partial charge in [-0.05, 0) is 37.1 Å². The highest BCUT2D eigenvalue weighted by atomic mass is 16.5. The van der Waals surface area contributed by atoms with Gasteiger partial charge in [-0.25, -0.2) is 0 Å². The van der Waals surface area contributed by atoms with Gasteiger partial charge in [-0.15, -0.1) is 0 Å². The molecule has 124 valence electrons. The van der Waals surface area contributed by atoms with Crippen LogP contribution in [0.5, 0.6) is 11.5 Å². The second-order valence-corrected chi connectivity index (χ2v) is 6.35. The molecule has 1 heterocycles. The van der Waals surface area contributed by atoms with Gasteiger partial charge in [-0.3, -0.25) is 4.79 Å². The highest BCUT2D eigenvalue weighted by Gasteiger charge is 2.29. The second-order valence-electron chi connectivity index (χ2n) is 6.35. The minimum absolute atomic E-state index is 0.0766. The molecule has 0 radical (unpaired) electrons. The molecule has 25 heavy (non-hydrogen) atoms. The number of benzene rings is 3. The van der Waals surface area contributed by atoms with Crippen molar-refractivity contribution in [2.75, 3.05) is 0 Å². The number of hydrogen-bond acceptors (Lipinski definition) is 2. The summed E-state index contributed by atoms with van der Waals surface area (Å²) in [6.07, 6.45) is 0. The molecule has 1 amide bonds. The van der Waals surface area contributed by atoms with Crippen LogP contribution in [0, 0.1) is 13.8 Å². The Balaban J connectivity index is 1.78. The van der Waals surface area contributed by atoms with Gasteiger partial charge in [0, 0.05) is 16.7 Å². The van der Waals surface area contributed by atoms with Crippen molar-refractivity contribution in [2.45, 2.75) is 19.9 Å². The molecule has 3 aromatic carbocycles. The van der Waals surface area contributed by atoms with E-state index >= 15 is 0 Å². The fraction of sp³-hybridized carbons (Fsp3) is 0.136. The summed E-state index contributed by atoms with van der Waals surface area (Å²) in [5.74, 6) is 1.54. The maximum absolute atomic E-state index is 12.9. The number of carbonyl (C=O) groups excluding carboxylic acids is 1. The molecular weight excluding hydrogens is 310 g/mol. The van der Waals surface area contributed by atoms with E-state index in [0.717, 1.165) is 33.8 Å². The number of amides is 1. The van der Waals surface area contributed by atoms with Crippen molar-refractivity contribution in [2.24, 2.45) is 0 Å². The smallest absolute Gasteiger partial charge is 0.252 e. The summed E-state index contributed by atoms with van der Waals surface area (Å²) in [5.41, 5.74) is 4.68. The van der Waals surface area contributed by atoms with E-state index < -0.39 is 0 Å². The van der Waals surface area contributed by atoms with Gasteiger partial charge in [0.15, 0.2) is 0 Å². The van der Waals surface area contributed by atoms with Gasteiger partial charge in [-0.2, -0.15) is 0 Å². The van der Waals surface area contributed by atoms with Crippen LogP contribution in [0.15, 0.2) is 66.7 Å². The first-order valence-corrected chi connectivity index (χ1v) is 8.38. The molecule has 3 aromatic rings. The molecule has 1 atom stereocenters. The zero-order chi connectivity index (χ0) is 17.4. The highest BCUT2D eigenvalue weighted by molar-refractivity contribution is 5.96. The number of fused-ring (bicyclic) bond motifs is 2. The lowest BCUT2D eigenvalue weighted by molar-refractivity contribution is 0.0941. The van der Waals surface area contributed by atoms with Gasteiger partial charge < -0.3 is 10.1 Å². The minimum atomic E-state index is -0.230. The summed E-state index contributed by atoms with van der Waals surface area (Å²) in [4.78, 5) is 12.9. The predicted octanol–water partition coefficient (Wildman–Crippen LogP) is 4.93. The molecule has 0 spiro atoms. The van der Waals surface area contributed by atoms with E-state index in [1.807, 2.05) is 80.6 Å². The number of nitrogens with one attached hydrogen (secondary N) is 1. The van der Waals surface area contributed by atoms with Crippen molar-refractivity contribution < 1.29 is 9.53 Å². The van der Waals surface area contributed by atoms with Gasteiger partial charge in [0.25, 0.3) is 5.91 Å². The van der Waals surface area contributed by atoms with Crippen molar-refractivity contribution in [3.63, 3.8) is 0 Å². The summed E-state index contributed by atoms with van der Waals surface area (Å²) < 4.78 is 6.10. The van der Waals surface area contributed by atoms with Crippen LogP contribution in [-0.2, 0) is 0 Å². The maximum atomic E-state index is 12.9. The maximum Gasteiger partial charge on any atom is 0.252 e. The van der Waals surface area contributed by atoms with Gasteiger partial charge >= 0.3 is 0 Å². The summed E-state index contributed by atoms with van der Waals surface area (Å²) in [7, 11) is 0. The number of hydrogen-bond donors (Lipinski definition) is 1. The molecular formula is C22H19NO2. The topological polar surface area (TPSA) is 38.3 Å². The van der Waals surface area contributed by atoms with E-state index in [1.165, 1.54) is 0 Å². The quantitative estimate of drug-likeness (QED) is 0.724. The van der Waals surface area contributed by atoms with Gasteiger partial charge in [0.2, 0.25) is 0 Å². The van der Waals surface area contributed by atoms with Crippen LogP contribution in [0.2, 0.25) is 0 Å². The lowest BCUT2D eigenvalue weighted by Gasteiger charge is -2.30. The molecule has 4 rings (SSSR count).